The summed E-state index contributed by atoms with van der Waals surface area (Å²) in [6, 6.07) is 2.61. The number of halogens is 1. The molecule has 1 atom stereocenters. The number of guanidine groups is 1. The van der Waals surface area contributed by atoms with Gasteiger partial charge in [0.25, 0.3) is 0 Å². The maximum atomic E-state index is 4.79. The number of nitrogens with zero attached hydrogens (tertiary/aromatic N) is 5. The van der Waals surface area contributed by atoms with Crippen molar-refractivity contribution < 1.29 is 0 Å². The lowest BCUT2D eigenvalue weighted by molar-refractivity contribution is 0.119. The first kappa shape index (κ1) is 23.2. The zero-order chi connectivity index (χ0) is 18.2. The van der Waals surface area contributed by atoms with Crippen molar-refractivity contribution in [3.8, 4) is 0 Å². The maximum Gasteiger partial charge on any atom is 0.191 e. The SMILES string of the molecule is CCNC(=NCC1CN(C)CCN1C)NCCCn1nc(C)cc1C.I. The molecule has 2 N–H and O–H groups in total. The molecule has 2 heterocycles. The van der Waals surface area contributed by atoms with Crippen LogP contribution in [0, 0.1) is 13.8 Å². The highest BCUT2D eigenvalue weighted by molar-refractivity contribution is 14.0. The predicted molar refractivity (Wildman–Crippen MR) is 120 cm³/mol. The average Bonchev–Trinajstić information content (AvgIpc) is 2.89. The minimum absolute atomic E-state index is 0. The van der Waals surface area contributed by atoms with E-state index in [2.05, 4.69) is 64.2 Å². The fourth-order valence-corrected chi connectivity index (χ4v) is 3.17. The molecule has 1 saturated heterocycles. The van der Waals surface area contributed by atoms with Crippen LogP contribution in [-0.4, -0.2) is 84.9 Å². The lowest BCUT2D eigenvalue weighted by atomic mass is 10.2. The molecule has 1 aromatic heterocycles. The summed E-state index contributed by atoms with van der Waals surface area (Å²) in [6.07, 6.45) is 1.03. The van der Waals surface area contributed by atoms with Crippen LogP contribution in [-0.2, 0) is 6.54 Å². The van der Waals surface area contributed by atoms with E-state index in [-0.39, 0.29) is 24.0 Å². The van der Waals surface area contributed by atoms with Crippen LogP contribution >= 0.6 is 24.0 Å². The van der Waals surface area contributed by atoms with Gasteiger partial charge in [0.15, 0.2) is 5.96 Å². The molecule has 1 aliphatic rings. The number of aliphatic imine (C=N–C) groups is 1. The second kappa shape index (κ2) is 11.8. The number of hydrogen-bond acceptors (Lipinski definition) is 4. The molecule has 0 aromatic carbocycles. The molecule has 0 radical (unpaired) electrons. The van der Waals surface area contributed by atoms with E-state index < -0.39 is 0 Å². The van der Waals surface area contributed by atoms with Crippen LogP contribution in [0.3, 0.4) is 0 Å². The highest BCUT2D eigenvalue weighted by Gasteiger charge is 2.21. The summed E-state index contributed by atoms with van der Waals surface area (Å²) in [7, 11) is 4.38. The van der Waals surface area contributed by atoms with E-state index in [4.69, 9.17) is 4.99 Å². The number of piperazine rings is 1. The normalized spacial score (nSPS) is 19.3. The van der Waals surface area contributed by atoms with Crippen LogP contribution in [0.5, 0.6) is 0 Å². The summed E-state index contributed by atoms with van der Waals surface area (Å²) >= 11 is 0. The number of likely N-dealkylation sites (N-methyl/N-ethyl adjacent to an activating group) is 2. The van der Waals surface area contributed by atoms with Crippen molar-refractivity contribution >= 4 is 29.9 Å². The molecular formula is C18H36IN7. The molecule has 2 rings (SSSR count). The third-order valence-corrected chi connectivity index (χ3v) is 4.73. The molecule has 0 spiro atoms. The number of hydrogen-bond donors (Lipinski definition) is 2. The van der Waals surface area contributed by atoms with Gasteiger partial charge in [-0.2, -0.15) is 5.10 Å². The van der Waals surface area contributed by atoms with Gasteiger partial charge in [0.05, 0.1) is 12.2 Å². The van der Waals surface area contributed by atoms with Crippen molar-refractivity contribution in [3.05, 3.63) is 17.5 Å². The lowest BCUT2D eigenvalue weighted by Gasteiger charge is -2.36. The van der Waals surface area contributed by atoms with Gasteiger partial charge in [-0.25, -0.2) is 0 Å². The fraction of sp³-hybridized carbons (Fsp3) is 0.778. The van der Waals surface area contributed by atoms with E-state index in [1.807, 2.05) is 6.92 Å². The van der Waals surface area contributed by atoms with E-state index in [1.54, 1.807) is 0 Å². The van der Waals surface area contributed by atoms with Gasteiger partial charge in [-0.15, -0.1) is 24.0 Å². The second-order valence-electron chi connectivity index (χ2n) is 7.05. The van der Waals surface area contributed by atoms with Gasteiger partial charge in [0.2, 0.25) is 0 Å². The minimum Gasteiger partial charge on any atom is -0.357 e. The Morgan fingerprint density at radius 3 is 2.69 bits per heavy atom. The molecule has 1 aliphatic heterocycles. The summed E-state index contributed by atoms with van der Waals surface area (Å²) < 4.78 is 2.08. The van der Waals surface area contributed by atoms with E-state index in [1.165, 1.54) is 5.69 Å². The van der Waals surface area contributed by atoms with E-state index >= 15 is 0 Å². The van der Waals surface area contributed by atoms with Crippen molar-refractivity contribution in [3.63, 3.8) is 0 Å². The Hall–Kier alpha value is -0.870. The van der Waals surface area contributed by atoms with Crippen LogP contribution in [0.15, 0.2) is 11.1 Å². The molecule has 1 fully saturated rings. The van der Waals surface area contributed by atoms with E-state index in [0.717, 1.165) is 63.9 Å². The van der Waals surface area contributed by atoms with Crippen LogP contribution in [0.25, 0.3) is 0 Å². The molecule has 7 nitrogen and oxygen atoms in total. The first-order valence-corrected chi connectivity index (χ1v) is 9.41. The summed E-state index contributed by atoms with van der Waals surface area (Å²) in [4.78, 5) is 9.59. The third kappa shape index (κ3) is 7.40. The molecule has 26 heavy (non-hydrogen) atoms. The number of aryl methyl sites for hydroxylation is 3. The fourth-order valence-electron chi connectivity index (χ4n) is 3.17. The van der Waals surface area contributed by atoms with Gasteiger partial charge in [-0.05, 0) is 47.4 Å². The van der Waals surface area contributed by atoms with Crippen molar-refractivity contribution in [2.75, 3.05) is 53.4 Å². The number of rotatable bonds is 7. The maximum absolute atomic E-state index is 4.79. The zero-order valence-corrected chi connectivity index (χ0v) is 19.3. The molecule has 8 heteroatoms. The van der Waals surface area contributed by atoms with Gasteiger partial charge in [-0.3, -0.25) is 14.6 Å². The van der Waals surface area contributed by atoms with Crippen LogP contribution in [0.1, 0.15) is 24.7 Å². The Morgan fingerprint density at radius 1 is 1.27 bits per heavy atom. The number of aromatic nitrogens is 2. The molecule has 1 unspecified atom stereocenters. The van der Waals surface area contributed by atoms with Gasteiger partial charge in [-0.1, -0.05) is 0 Å². The molecule has 0 amide bonds. The van der Waals surface area contributed by atoms with Crippen LogP contribution < -0.4 is 10.6 Å². The Bertz CT molecular complexity index is 558. The Labute approximate surface area is 175 Å². The molecule has 0 bridgehead atoms. The molecule has 0 saturated carbocycles. The van der Waals surface area contributed by atoms with Crippen LogP contribution in [0.4, 0.5) is 0 Å². The van der Waals surface area contributed by atoms with Crippen molar-refractivity contribution in [1.29, 1.82) is 0 Å². The lowest BCUT2D eigenvalue weighted by Crippen LogP contribution is -2.51. The monoisotopic (exact) mass is 477 g/mol. The smallest absolute Gasteiger partial charge is 0.191 e. The third-order valence-electron chi connectivity index (χ3n) is 4.73. The summed E-state index contributed by atoms with van der Waals surface area (Å²) in [5.74, 6) is 0.914. The van der Waals surface area contributed by atoms with E-state index in [0.29, 0.717) is 6.04 Å². The largest absolute Gasteiger partial charge is 0.357 e. The highest BCUT2D eigenvalue weighted by Crippen LogP contribution is 2.06. The van der Waals surface area contributed by atoms with Gasteiger partial charge < -0.3 is 15.5 Å². The molecular weight excluding hydrogens is 441 g/mol. The van der Waals surface area contributed by atoms with Gasteiger partial charge in [0.1, 0.15) is 0 Å². The van der Waals surface area contributed by atoms with Gasteiger partial charge in [0, 0.05) is 51.0 Å². The summed E-state index contributed by atoms with van der Waals surface area (Å²) in [6.45, 7) is 13.1. The minimum atomic E-state index is 0. The van der Waals surface area contributed by atoms with E-state index in [9.17, 15) is 0 Å². The number of nitrogens with one attached hydrogen (secondary N) is 2. The Balaban J connectivity index is 0.00000338. The van der Waals surface area contributed by atoms with Crippen molar-refractivity contribution in [2.24, 2.45) is 4.99 Å². The molecule has 0 aliphatic carbocycles. The zero-order valence-electron chi connectivity index (χ0n) is 17.0. The average molecular weight is 477 g/mol. The summed E-state index contributed by atoms with van der Waals surface area (Å²) in [5, 5.41) is 11.3. The Kier molecular flexibility index (Phi) is 10.5. The second-order valence-corrected chi connectivity index (χ2v) is 7.05. The summed E-state index contributed by atoms with van der Waals surface area (Å²) in [5.41, 5.74) is 2.31. The quantitative estimate of drug-likeness (QED) is 0.269. The van der Waals surface area contributed by atoms with Crippen LogP contribution in [0.2, 0.25) is 0 Å². The standard InChI is InChI=1S/C18H35N7.HI/c1-6-19-18(21-13-17-14-23(4)10-11-24(17)5)20-8-7-9-25-16(3)12-15(2)22-25;/h12,17H,6-11,13-14H2,1-5H3,(H2,19,20,21);1H. The molecule has 1 aromatic rings. The first-order chi connectivity index (χ1) is 12.0. The van der Waals surface area contributed by atoms with Gasteiger partial charge >= 0.3 is 0 Å². The topological polar surface area (TPSA) is 60.7 Å². The first-order valence-electron chi connectivity index (χ1n) is 9.41. The highest BCUT2D eigenvalue weighted by atomic mass is 127. The Morgan fingerprint density at radius 2 is 2.04 bits per heavy atom. The molecule has 150 valence electrons. The predicted octanol–water partition coefficient (Wildman–Crippen LogP) is 1.31. The van der Waals surface area contributed by atoms with Crippen molar-refractivity contribution in [2.45, 2.75) is 39.8 Å². The van der Waals surface area contributed by atoms with Crippen molar-refractivity contribution in [1.82, 2.24) is 30.2 Å².